The van der Waals surface area contributed by atoms with Crippen molar-refractivity contribution in [3.05, 3.63) is 34.9 Å². The third kappa shape index (κ3) is 3.16. The summed E-state index contributed by atoms with van der Waals surface area (Å²) in [6.07, 6.45) is 4.98. The molecule has 2 unspecified atom stereocenters. The fraction of sp³-hybridized carbons (Fsp3) is 0.650. The number of amides is 1. The molecule has 0 saturated heterocycles. The molecule has 1 aromatic carbocycles. The lowest BCUT2D eigenvalue weighted by molar-refractivity contribution is 0.0726. The molecule has 0 spiro atoms. The monoisotopic (exact) mass is 314 g/mol. The topological polar surface area (TPSA) is 23.6 Å². The quantitative estimate of drug-likeness (QED) is 0.852. The van der Waals surface area contributed by atoms with Gasteiger partial charge in [0.25, 0.3) is 5.91 Å². The number of carbonyl (C=O) groups is 1. The second kappa shape index (κ2) is 6.27. The lowest BCUT2D eigenvalue weighted by Gasteiger charge is -2.27. The highest BCUT2D eigenvalue weighted by atomic mass is 16.2. The van der Waals surface area contributed by atoms with E-state index in [0.717, 1.165) is 23.4 Å². The molecule has 0 heterocycles. The van der Waals surface area contributed by atoms with Crippen LogP contribution in [0.2, 0.25) is 0 Å². The van der Waals surface area contributed by atoms with Crippen LogP contribution in [0.5, 0.6) is 0 Å². The van der Waals surface area contributed by atoms with Crippen LogP contribution >= 0.6 is 0 Å². The van der Waals surface area contributed by atoms with Gasteiger partial charge in [-0.2, -0.15) is 0 Å². The molecule has 0 bridgehead atoms. The first-order valence-corrected chi connectivity index (χ1v) is 8.87. The molecule has 0 radical (unpaired) electrons. The highest BCUT2D eigenvalue weighted by Crippen LogP contribution is 2.46. The zero-order valence-electron chi connectivity index (χ0n) is 15.2. The molecule has 3 rings (SSSR count). The fourth-order valence-corrected chi connectivity index (χ4v) is 4.53. The Balaban J connectivity index is 1.65. The maximum Gasteiger partial charge on any atom is 0.253 e. The van der Waals surface area contributed by atoms with Gasteiger partial charge < -0.3 is 9.80 Å². The van der Waals surface area contributed by atoms with E-state index in [1.165, 1.54) is 36.8 Å². The largest absolute Gasteiger partial charge is 0.339 e. The van der Waals surface area contributed by atoms with E-state index in [2.05, 4.69) is 38.9 Å². The molecule has 1 aromatic rings. The Morgan fingerprint density at radius 2 is 1.48 bits per heavy atom. The maximum absolute atomic E-state index is 12.8. The first kappa shape index (κ1) is 16.5. The molecule has 3 heteroatoms. The number of hydrogen-bond acceptors (Lipinski definition) is 2. The summed E-state index contributed by atoms with van der Waals surface area (Å²) in [4.78, 5) is 17.2. The molecule has 0 aliphatic heterocycles. The third-order valence-corrected chi connectivity index (χ3v) is 6.32. The van der Waals surface area contributed by atoms with Crippen molar-refractivity contribution in [1.29, 1.82) is 0 Å². The molecule has 1 amide bonds. The molecule has 4 atom stereocenters. The average molecular weight is 314 g/mol. The number of benzene rings is 1. The summed E-state index contributed by atoms with van der Waals surface area (Å²) in [5.74, 6) is 1.80. The lowest BCUT2D eigenvalue weighted by atomic mass is 10.0. The smallest absolute Gasteiger partial charge is 0.253 e. The van der Waals surface area contributed by atoms with Gasteiger partial charge in [0, 0.05) is 24.7 Å². The van der Waals surface area contributed by atoms with Crippen molar-refractivity contribution in [2.75, 3.05) is 21.1 Å². The van der Waals surface area contributed by atoms with Gasteiger partial charge in [-0.15, -0.1) is 0 Å². The molecule has 2 aliphatic rings. The Kier molecular flexibility index (Phi) is 4.50. The van der Waals surface area contributed by atoms with E-state index >= 15 is 0 Å². The Morgan fingerprint density at radius 1 is 0.913 bits per heavy atom. The summed E-state index contributed by atoms with van der Waals surface area (Å²) in [7, 11) is 6.38. The fourth-order valence-electron chi connectivity index (χ4n) is 4.53. The Morgan fingerprint density at radius 3 is 2.00 bits per heavy atom. The van der Waals surface area contributed by atoms with Crippen LogP contribution in [0, 0.1) is 25.7 Å². The average Bonchev–Trinajstić information content (AvgIpc) is 3.07. The van der Waals surface area contributed by atoms with Crippen molar-refractivity contribution in [1.82, 2.24) is 9.80 Å². The first-order chi connectivity index (χ1) is 10.9. The van der Waals surface area contributed by atoms with Gasteiger partial charge in [-0.25, -0.2) is 0 Å². The summed E-state index contributed by atoms with van der Waals surface area (Å²) < 4.78 is 0. The van der Waals surface area contributed by atoms with Crippen molar-refractivity contribution in [3.8, 4) is 0 Å². The predicted octanol–water partition coefficient (Wildman–Crippen LogP) is 3.49. The normalized spacial score (nSPS) is 29.8. The summed E-state index contributed by atoms with van der Waals surface area (Å²) in [6, 6.07) is 7.22. The van der Waals surface area contributed by atoms with Gasteiger partial charge >= 0.3 is 0 Å². The highest BCUT2D eigenvalue weighted by molar-refractivity contribution is 5.94. The third-order valence-electron chi connectivity index (χ3n) is 6.32. The van der Waals surface area contributed by atoms with Crippen molar-refractivity contribution < 1.29 is 4.79 Å². The van der Waals surface area contributed by atoms with E-state index in [1.54, 1.807) is 0 Å². The van der Waals surface area contributed by atoms with Gasteiger partial charge in [-0.1, -0.05) is 6.07 Å². The van der Waals surface area contributed by atoms with Gasteiger partial charge in [-0.05, 0) is 88.7 Å². The maximum atomic E-state index is 12.8. The summed E-state index contributed by atoms with van der Waals surface area (Å²) >= 11 is 0. The zero-order chi connectivity index (χ0) is 16.7. The van der Waals surface area contributed by atoms with Gasteiger partial charge in [0.15, 0.2) is 0 Å². The second-order valence-corrected chi connectivity index (χ2v) is 7.95. The molecular formula is C20H30N2O. The number of nitrogens with zero attached hydrogens (tertiary/aromatic N) is 2. The van der Waals surface area contributed by atoms with Crippen LogP contribution in [-0.2, 0) is 0 Å². The van der Waals surface area contributed by atoms with E-state index in [1.807, 2.05) is 24.1 Å². The van der Waals surface area contributed by atoms with E-state index in [-0.39, 0.29) is 5.91 Å². The van der Waals surface area contributed by atoms with Crippen molar-refractivity contribution in [3.63, 3.8) is 0 Å². The van der Waals surface area contributed by atoms with Crippen molar-refractivity contribution in [2.24, 2.45) is 11.8 Å². The van der Waals surface area contributed by atoms with Crippen LogP contribution in [0.25, 0.3) is 0 Å². The second-order valence-electron chi connectivity index (χ2n) is 7.95. The van der Waals surface area contributed by atoms with Gasteiger partial charge in [0.2, 0.25) is 0 Å². The molecule has 23 heavy (non-hydrogen) atoms. The molecule has 3 nitrogen and oxygen atoms in total. The Hall–Kier alpha value is -1.35. The molecule has 126 valence electrons. The van der Waals surface area contributed by atoms with Crippen LogP contribution in [0.15, 0.2) is 18.2 Å². The summed E-state index contributed by atoms with van der Waals surface area (Å²) in [6.45, 7) is 4.17. The lowest BCUT2D eigenvalue weighted by Crippen LogP contribution is -2.36. The number of fused-ring (bicyclic) bond motifs is 1. The molecule has 2 aliphatic carbocycles. The SMILES string of the molecule is Cc1ccc(C(=O)N(C)C2C[C@H]3CC(N(C)C)C[C@H]3C2)cc1C. The molecule has 0 aromatic heterocycles. The van der Waals surface area contributed by atoms with E-state index in [4.69, 9.17) is 0 Å². The zero-order valence-corrected chi connectivity index (χ0v) is 15.2. The van der Waals surface area contributed by atoms with Gasteiger partial charge in [0.1, 0.15) is 0 Å². The minimum absolute atomic E-state index is 0.183. The highest BCUT2D eigenvalue weighted by Gasteiger charge is 2.44. The number of rotatable bonds is 3. The van der Waals surface area contributed by atoms with Gasteiger partial charge in [-0.3, -0.25) is 4.79 Å². The van der Waals surface area contributed by atoms with E-state index < -0.39 is 0 Å². The van der Waals surface area contributed by atoms with Crippen LogP contribution < -0.4 is 0 Å². The first-order valence-electron chi connectivity index (χ1n) is 8.87. The van der Waals surface area contributed by atoms with Crippen LogP contribution in [-0.4, -0.2) is 48.9 Å². The summed E-state index contributed by atoms with van der Waals surface area (Å²) in [5, 5.41) is 0. The van der Waals surface area contributed by atoms with E-state index in [9.17, 15) is 4.79 Å². The Labute approximate surface area is 140 Å². The predicted molar refractivity (Wildman–Crippen MR) is 94.7 cm³/mol. The van der Waals surface area contributed by atoms with Crippen molar-refractivity contribution >= 4 is 5.91 Å². The van der Waals surface area contributed by atoms with Crippen LogP contribution in [0.1, 0.15) is 47.2 Å². The van der Waals surface area contributed by atoms with E-state index in [0.29, 0.717) is 6.04 Å². The molecular weight excluding hydrogens is 284 g/mol. The van der Waals surface area contributed by atoms with Crippen molar-refractivity contribution in [2.45, 2.75) is 51.6 Å². The minimum Gasteiger partial charge on any atom is -0.339 e. The molecule has 0 N–H and O–H groups in total. The number of hydrogen-bond donors (Lipinski definition) is 0. The van der Waals surface area contributed by atoms with Crippen LogP contribution in [0.4, 0.5) is 0 Å². The summed E-state index contributed by atoms with van der Waals surface area (Å²) in [5.41, 5.74) is 3.27. The minimum atomic E-state index is 0.183. The van der Waals surface area contributed by atoms with Crippen LogP contribution in [0.3, 0.4) is 0 Å². The standard InChI is InChI=1S/C20H30N2O/c1-13-6-7-15(8-14(13)2)20(23)22(5)19-11-16-9-18(21(3)4)10-17(16)12-19/h6-8,16-19H,9-12H2,1-5H3/t16-,17+,18?,19?. The molecule has 2 fully saturated rings. The number of aryl methyl sites for hydroxylation is 2. The van der Waals surface area contributed by atoms with Gasteiger partial charge in [0.05, 0.1) is 0 Å². The Bertz CT molecular complexity index is 581. The number of carbonyl (C=O) groups excluding carboxylic acids is 1. The molecule has 2 saturated carbocycles.